The number of aromatic nitrogens is 2. The second kappa shape index (κ2) is 6.57. The van der Waals surface area contributed by atoms with Crippen LogP contribution in [0.5, 0.6) is 0 Å². The van der Waals surface area contributed by atoms with Gasteiger partial charge in [0.05, 0.1) is 12.8 Å². The van der Waals surface area contributed by atoms with Gasteiger partial charge in [0.1, 0.15) is 17.1 Å². The third kappa shape index (κ3) is 4.17. The van der Waals surface area contributed by atoms with Gasteiger partial charge in [-0.1, -0.05) is 0 Å². The molecule has 0 aliphatic heterocycles. The van der Waals surface area contributed by atoms with Crippen molar-refractivity contribution in [2.75, 3.05) is 12.4 Å². The van der Waals surface area contributed by atoms with Crippen molar-refractivity contribution in [3.05, 3.63) is 47.4 Å². The molecule has 0 aromatic carbocycles. The van der Waals surface area contributed by atoms with Crippen LogP contribution in [0.25, 0.3) is 0 Å². The Balaban J connectivity index is 2.56. The summed E-state index contributed by atoms with van der Waals surface area (Å²) in [5.74, 6) is -1.80. The molecule has 0 fully saturated rings. The minimum Gasteiger partial charge on any atom is -0.465 e. The maximum Gasteiger partial charge on any atom is 0.435 e. The van der Waals surface area contributed by atoms with E-state index in [-0.39, 0.29) is 0 Å². The molecule has 0 amide bonds. The molecule has 25 heavy (non-hydrogen) atoms. The van der Waals surface area contributed by atoms with Crippen molar-refractivity contribution >= 4 is 17.5 Å². The highest BCUT2D eigenvalue weighted by Crippen LogP contribution is 2.35. The third-order valence-corrected chi connectivity index (χ3v) is 2.92. The lowest BCUT2D eigenvalue weighted by molar-refractivity contribution is -0.141. The van der Waals surface area contributed by atoms with E-state index in [4.69, 9.17) is 0 Å². The number of hydrogen-bond acceptors (Lipinski definition) is 5. The summed E-state index contributed by atoms with van der Waals surface area (Å²) >= 11 is 0. The predicted octanol–water partition coefficient (Wildman–Crippen LogP) is 4.04. The number of carbonyl (C=O) groups excluding carboxylic acids is 1. The number of rotatable bonds is 3. The van der Waals surface area contributed by atoms with Crippen LogP contribution in [0.1, 0.15) is 21.7 Å². The maximum absolute atomic E-state index is 13.0. The van der Waals surface area contributed by atoms with Crippen LogP contribution in [0.15, 0.2) is 30.5 Å². The van der Waals surface area contributed by atoms with Gasteiger partial charge in [0.15, 0.2) is 5.69 Å². The van der Waals surface area contributed by atoms with Crippen molar-refractivity contribution in [3.63, 3.8) is 0 Å². The summed E-state index contributed by atoms with van der Waals surface area (Å²) < 4.78 is 81.6. The molecule has 11 heteroatoms. The Hall–Kier alpha value is -2.85. The topological polar surface area (TPSA) is 64.1 Å². The number of hydrogen-bond donors (Lipinski definition) is 1. The lowest BCUT2D eigenvalue weighted by Gasteiger charge is -2.16. The molecule has 1 N–H and O–H groups in total. The Morgan fingerprint density at radius 2 is 1.76 bits per heavy atom. The molecular weight excluding hydrogens is 356 g/mol. The normalized spacial score (nSPS) is 12.0. The first-order chi connectivity index (χ1) is 11.5. The highest BCUT2D eigenvalue weighted by Gasteiger charge is 2.37. The van der Waals surface area contributed by atoms with Crippen molar-refractivity contribution < 1.29 is 35.9 Å². The molecule has 2 aromatic heterocycles. The fourth-order valence-corrected chi connectivity index (χ4v) is 1.85. The van der Waals surface area contributed by atoms with Crippen LogP contribution >= 0.6 is 0 Å². The molecule has 0 radical (unpaired) electrons. The minimum absolute atomic E-state index is 0.465. The molecule has 2 rings (SSSR count). The smallest absolute Gasteiger partial charge is 0.435 e. The van der Waals surface area contributed by atoms with E-state index in [1.54, 1.807) is 0 Å². The molecule has 2 aromatic rings. The van der Waals surface area contributed by atoms with Crippen LogP contribution < -0.4 is 5.32 Å². The van der Waals surface area contributed by atoms with Crippen LogP contribution in [0.2, 0.25) is 0 Å². The SMILES string of the molecule is COC(=O)c1ccc(C(F)(F)F)nc1Nc1cccnc1C(F)(F)F. The average Bonchev–Trinajstić information content (AvgIpc) is 2.52. The fraction of sp³-hybridized carbons (Fsp3) is 0.214. The van der Waals surface area contributed by atoms with E-state index in [0.717, 1.165) is 31.5 Å². The molecule has 134 valence electrons. The van der Waals surface area contributed by atoms with Crippen molar-refractivity contribution in [2.24, 2.45) is 0 Å². The van der Waals surface area contributed by atoms with E-state index < -0.39 is 46.8 Å². The molecule has 0 saturated heterocycles. The zero-order valence-electron chi connectivity index (χ0n) is 12.4. The van der Waals surface area contributed by atoms with Crippen molar-refractivity contribution in [2.45, 2.75) is 12.4 Å². The molecule has 2 heterocycles. The maximum atomic E-state index is 13.0. The molecule has 0 atom stereocenters. The first-order valence-electron chi connectivity index (χ1n) is 6.50. The van der Waals surface area contributed by atoms with Gasteiger partial charge in [-0.25, -0.2) is 14.8 Å². The van der Waals surface area contributed by atoms with E-state index in [2.05, 4.69) is 20.0 Å². The Labute approximate surface area is 136 Å². The van der Waals surface area contributed by atoms with Gasteiger partial charge in [0.25, 0.3) is 0 Å². The van der Waals surface area contributed by atoms with Gasteiger partial charge in [-0.05, 0) is 24.3 Å². The van der Waals surface area contributed by atoms with Gasteiger partial charge in [0, 0.05) is 6.20 Å². The molecule has 0 aliphatic rings. The Morgan fingerprint density at radius 1 is 1.08 bits per heavy atom. The quantitative estimate of drug-likeness (QED) is 0.657. The summed E-state index contributed by atoms with van der Waals surface area (Å²) in [6.07, 6.45) is -8.85. The van der Waals surface area contributed by atoms with E-state index >= 15 is 0 Å². The Bertz CT molecular complexity index is 789. The molecule has 0 bridgehead atoms. The summed E-state index contributed by atoms with van der Waals surface area (Å²) in [6.45, 7) is 0. The molecular formula is C14H9F6N3O2. The van der Waals surface area contributed by atoms with Gasteiger partial charge in [-0.15, -0.1) is 0 Å². The largest absolute Gasteiger partial charge is 0.465 e. The van der Waals surface area contributed by atoms with Crippen LogP contribution in [0.3, 0.4) is 0 Å². The number of nitrogens with one attached hydrogen (secondary N) is 1. The summed E-state index contributed by atoms with van der Waals surface area (Å²) in [7, 11) is 0.967. The fourth-order valence-electron chi connectivity index (χ4n) is 1.85. The number of ether oxygens (including phenoxy) is 1. The zero-order chi connectivity index (χ0) is 18.8. The van der Waals surface area contributed by atoms with E-state index in [1.807, 2.05) is 0 Å². The predicted molar refractivity (Wildman–Crippen MR) is 73.1 cm³/mol. The number of halogens is 6. The van der Waals surface area contributed by atoms with Gasteiger partial charge in [0.2, 0.25) is 0 Å². The Morgan fingerprint density at radius 3 is 2.32 bits per heavy atom. The summed E-state index contributed by atoms with van der Waals surface area (Å²) in [5, 5.41) is 2.08. The molecule has 0 saturated carbocycles. The van der Waals surface area contributed by atoms with Crippen LogP contribution in [0.4, 0.5) is 37.8 Å². The zero-order valence-corrected chi connectivity index (χ0v) is 12.4. The lowest BCUT2D eigenvalue weighted by atomic mass is 10.2. The van der Waals surface area contributed by atoms with Crippen LogP contribution in [-0.4, -0.2) is 23.0 Å². The molecule has 5 nitrogen and oxygen atoms in total. The molecule has 0 aliphatic carbocycles. The van der Waals surface area contributed by atoms with Crippen molar-refractivity contribution in [1.29, 1.82) is 0 Å². The van der Waals surface area contributed by atoms with Gasteiger partial charge in [-0.2, -0.15) is 26.3 Å². The number of carbonyl (C=O) groups is 1. The van der Waals surface area contributed by atoms with E-state index in [9.17, 15) is 31.1 Å². The van der Waals surface area contributed by atoms with E-state index in [0.29, 0.717) is 6.07 Å². The second-order valence-electron chi connectivity index (χ2n) is 4.60. The summed E-state index contributed by atoms with van der Waals surface area (Å²) in [6, 6.07) is 3.36. The second-order valence-corrected chi connectivity index (χ2v) is 4.60. The first kappa shape index (κ1) is 18.5. The monoisotopic (exact) mass is 365 g/mol. The van der Waals surface area contributed by atoms with Gasteiger partial charge < -0.3 is 10.1 Å². The highest BCUT2D eigenvalue weighted by atomic mass is 19.4. The summed E-state index contributed by atoms with van der Waals surface area (Å²) in [4.78, 5) is 18.0. The lowest BCUT2D eigenvalue weighted by Crippen LogP contribution is -2.16. The van der Waals surface area contributed by atoms with E-state index in [1.165, 1.54) is 0 Å². The van der Waals surface area contributed by atoms with Crippen LogP contribution in [0, 0.1) is 0 Å². The Kier molecular flexibility index (Phi) is 4.86. The first-order valence-corrected chi connectivity index (χ1v) is 6.50. The molecule has 0 unspecified atom stereocenters. The standard InChI is InChI=1S/C14H9F6N3O2/c1-25-12(24)7-4-5-9(13(15,16)17)23-11(7)22-8-3-2-6-21-10(8)14(18,19)20/h2-6H,1H3,(H,22,23). The number of alkyl halides is 6. The number of nitrogens with zero attached hydrogens (tertiary/aromatic N) is 2. The number of anilines is 2. The molecule has 0 spiro atoms. The average molecular weight is 365 g/mol. The van der Waals surface area contributed by atoms with Gasteiger partial charge in [-0.3, -0.25) is 0 Å². The minimum atomic E-state index is -4.86. The van der Waals surface area contributed by atoms with Crippen molar-refractivity contribution in [1.82, 2.24) is 9.97 Å². The van der Waals surface area contributed by atoms with Crippen molar-refractivity contribution in [3.8, 4) is 0 Å². The number of methoxy groups -OCH3 is 1. The number of pyridine rings is 2. The third-order valence-electron chi connectivity index (χ3n) is 2.92. The van der Waals surface area contributed by atoms with Gasteiger partial charge >= 0.3 is 18.3 Å². The van der Waals surface area contributed by atoms with Crippen LogP contribution in [-0.2, 0) is 17.1 Å². The summed E-state index contributed by atoms with van der Waals surface area (Å²) in [5.41, 5.74) is -3.88. The number of esters is 1. The highest BCUT2D eigenvalue weighted by molar-refractivity contribution is 5.95.